The van der Waals surface area contributed by atoms with E-state index >= 15 is 0 Å². The molecular formula is C17H22ClFO2. The van der Waals surface area contributed by atoms with Crippen LogP contribution in [0.4, 0.5) is 4.39 Å². The van der Waals surface area contributed by atoms with Crippen LogP contribution < -0.4 is 0 Å². The van der Waals surface area contributed by atoms with Gasteiger partial charge in [-0.25, -0.2) is 4.39 Å². The molecule has 2 nitrogen and oxygen atoms in total. The molecule has 0 unspecified atom stereocenters. The highest BCUT2D eigenvalue weighted by atomic mass is 35.5. The first-order valence-electron chi connectivity index (χ1n) is 7.58. The molecule has 0 amide bonds. The minimum atomic E-state index is -0.665. The number of halogens is 2. The maximum absolute atomic E-state index is 13.2. The molecule has 0 aromatic heterocycles. The smallest absolute Gasteiger partial charge is 0.168 e. The van der Waals surface area contributed by atoms with E-state index in [1.54, 1.807) is 6.07 Å². The van der Waals surface area contributed by atoms with Gasteiger partial charge >= 0.3 is 0 Å². The highest BCUT2D eigenvalue weighted by molar-refractivity contribution is 6.30. The van der Waals surface area contributed by atoms with Crippen LogP contribution in [0.2, 0.25) is 5.02 Å². The molecule has 116 valence electrons. The van der Waals surface area contributed by atoms with Crippen molar-refractivity contribution < 1.29 is 13.9 Å². The molecule has 0 spiro atoms. The van der Waals surface area contributed by atoms with Crippen molar-refractivity contribution >= 4 is 17.4 Å². The third-order valence-electron chi connectivity index (χ3n) is 4.36. The number of carbonyl (C=O) groups is 1. The molecule has 1 saturated carbocycles. The summed E-state index contributed by atoms with van der Waals surface area (Å²) >= 11 is 5.78. The lowest BCUT2D eigenvalue weighted by molar-refractivity contribution is -0.149. The lowest BCUT2D eigenvalue weighted by Gasteiger charge is -2.38. The molecule has 1 aliphatic carbocycles. The Hall–Kier alpha value is -0.930. The Labute approximate surface area is 130 Å². The molecule has 0 saturated heterocycles. The Morgan fingerprint density at radius 1 is 1.43 bits per heavy atom. The molecule has 0 heterocycles. The van der Waals surface area contributed by atoms with E-state index in [0.29, 0.717) is 12.5 Å². The molecule has 4 heteroatoms. The van der Waals surface area contributed by atoms with E-state index in [1.807, 2.05) is 6.92 Å². The van der Waals surface area contributed by atoms with Crippen molar-refractivity contribution in [2.75, 3.05) is 6.61 Å². The van der Waals surface area contributed by atoms with E-state index in [-0.39, 0.29) is 17.2 Å². The average Bonchev–Trinajstić information content (AvgIpc) is 2.46. The van der Waals surface area contributed by atoms with Crippen molar-refractivity contribution in [3.05, 3.63) is 34.6 Å². The molecule has 1 aromatic carbocycles. The largest absolute Gasteiger partial charge is 0.367 e. The number of Topliss-reactive ketones (excluding diaryl/α,β-unsaturated/α-hetero) is 1. The minimum absolute atomic E-state index is 0.0584. The highest BCUT2D eigenvalue weighted by Crippen LogP contribution is 2.36. The summed E-state index contributed by atoms with van der Waals surface area (Å²) in [7, 11) is 0. The maximum atomic E-state index is 13.2. The van der Waals surface area contributed by atoms with E-state index in [4.69, 9.17) is 16.3 Å². The number of rotatable bonds is 5. The Bertz CT molecular complexity index is 508. The minimum Gasteiger partial charge on any atom is -0.367 e. The second kappa shape index (κ2) is 6.89. The molecule has 1 aromatic rings. The van der Waals surface area contributed by atoms with Gasteiger partial charge in [0.1, 0.15) is 11.4 Å². The summed E-state index contributed by atoms with van der Waals surface area (Å²) in [4.78, 5) is 12.7. The van der Waals surface area contributed by atoms with Crippen LogP contribution in [-0.4, -0.2) is 18.0 Å². The van der Waals surface area contributed by atoms with Crippen LogP contribution >= 0.6 is 11.6 Å². The van der Waals surface area contributed by atoms with Crippen molar-refractivity contribution in [3.8, 4) is 0 Å². The van der Waals surface area contributed by atoms with Crippen molar-refractivity contribution in [3.63, 3.8) is 0 Å². The van der Waals surface area contributed by atoms with Crippen LogP contribution in [0.25, 0.3) is 0 Å². The molecule has 1 fully saturated rings. The van der Waals surface area contributed by atoms with E-state index in [9.17, 15) is 9.18 Å². The molecule has 0 bridgehead atoms. The fourth-order valence-corrected chi connectivity index (χ4v) is 3.21. The van der Waals surface area contributed by atoms with Gasteiger partial charge in [0.15, 0.2) is 5.78 Å². The summed E-state index contributed by atoms with van der Waals surface area (Å²) in [6, 6.07) is 4.45. The van der Waals surface area contributed by atoms with Gasteiger partial charge in [0, 0.05) is 13.0 Å². The average molecular weight is 313 g/mol. The zero-order valence-corrected chi connectivity index (χ0v) is 13.4. The predicted molar refractivity (Wildman–Crippen MR) is 82.1 cm³/mol. The second-order valence-corrected chi connectivity index (χ2v) is 6.37. The van der Waals surface area contributed by atoms with Crippen molar-refractivity contribution in [1.29, 1.82) is 0 Å². The number of hydrogen-bond donors (Lipinski definition) is 0. The van der Waals surface area contributed by atoms with Gasteiger partial charge < -0.3 is 4.74 Å². The normalized spacial score (nSPS) is 25.8. The van der Waals surface area contributed by atoms with Crippen LogP contribution in [0.1, 0.15) is 45.1 Å². The van der Waals surface area contributed by atoms with Gasteiger partial charge in [0.2, 0.25) is 0 Å². The number of ether oxygens (including phenoxy) is 1. The number of ketones is 1. The second-order valence-electron chi connectivity index (χ2n) is 5.96. The first-order chi connectivity index (χ1) is 9.97. The van der Waals surface area contributed by atoms with E-state index in [0.717, 1.165) is 31.2 Å². The molecule has 0 radical (unpaired) electrons. The fourth-order valence-electron chi connectivity index (χ4n) is 3.00. The third kappa shape index (κ3) is 3.83. The van der Waals surface area contributed by atoms with Gasteiger partial charge in [-0.2, -0.15) is 0 Å². The summed E-state index contributed by atoms with van der Waals surface area (Å²) in [5.41, 5.74) is 0.0753. The summed E-state index contributed by atoms with van der Waals surface area (Å²) in [5.74, 6) is 0.268. The zero-order valence-electron chi connectivity index (χ0n) is 12.6. The van der Waals surface area contributed by atoms with Gasteiger partial charge in [-0.05, 0) is 56.2 Å². The van der Waals surface area contributed by atoms with Gasteiger partial charge in [-0.15, -0.1) is 0 Å². The van der Waals surface area contributed by atoms with Crippen LogP contribution in [0.15, 0.2) is 18.2 Å². The molecule has 21 heavy (non-hydrogen) atoms. The molecular weight excluding hydrogens is 291 g/mol. The number of hydrogen-bond acceptors (Lipinski definition) is 2. The van der Waals surface area contributed by atoms with Crippen LogP contribution in [0, 0.1) is 11.7 Å². The Balaban J connectivity index is 2.13. The van der Waals surface area contributed by atoms with E-state index in [2.05, 4.69) is 6.92 Å². The standard InChI is InChI=1S/C17H22ClFO2/c1-3-21-17(8-6-12(2)7-9-17)16(20)11-13-4-5-15(19)14(18)10-13/h4-5,10,12H,3,6-9,11H2,1-2H3. The van der Waals surface area contributed by atoms with Crippen molar-refractivity contribution in [2.45, 2.75) is 51.6 Å². The van der Waals surface area contributed by atoms with Crippen molar-refractivity contribution in [2.24, 2.45) is 5.92 Å². The molecule has 0 aliphatic heterocycles. The lowest BCUT2D eigenvalue weighted by atomic mass is 9.76. The third-order valence-corrected chi connectivity index (χ3v) is 4.65. The monoisotopic (exact) mass is 312 g/mol. The topological polar surface area (TPSA) is 26.3 Å². The summed E-state index contributed by atoms with van der Waals surface area (Å²) < 4.78 is 19.0. The first kappa shape index (κ1) is 16.4. The Morgan fingerprint density at radius 3 is 2.67 bits per heavy atom. The van der Waals surface area contributed by atoms with Gasteiger partial charge in [-0.1, -0.05) is 24.6 Å². The van der Waals surface area contributed by atoms with E-state index < -0.39 is 11.4 Å². The van der Waals surface area contributed by atoms with Crippen LogP contribution in [0.3, 0.4) is 0 Å². The number of carbonyl (C=O) groups excluding carboxylic acids is 1. The Morgan fingerprint density at radius 2 is 2.10 bits per heavy atom. The Kier molecular flexibility index (Phi) is 5.39. The van der Waals surface area contributed by atoms with Gasteiger partial charge in [-0.3, -0.25) is 4.79 Å². The summed E-state index contributed by atoms with van der Waals surface area (Å²) in [6.45, 7) is 4.66. The maximum Gasteiger partial charge on any atom is 0.168 e. The number of benzene rings is 1. The first-order valence-corrected chi connectivity index (χ1v) is 7.96. The zero-order chi connectivity index (χ0) is 15.5. The molecule has 0 N–H and O–H groups in total. The van der Waals surface area contributed by atoms with Crippen LogP contribution in [0.5, 0.6) is 0 Å². The quantitative estimate of drug-likeness (QED) is 0.795. The molecule has 2 rings (SSSR count). The van der Waals surface area contributed by atoms with Gasteiger partial charge in [0.25, 0.3) is 0 Å². The fraction of sp³-hybridized carbons (Fsp3) is 0.588. The van der Waals surface area contributed by atoms with E-state index in [1.165, 1.54) is 12.1 Å². The van der Waals surface area contributed by atoms with Crippen molar-refractivity contribution in [1.82, 2.24) is 0 Å². The summed E-state index contributed by atoms with van der Waals surface area (Å²) in [6.07, 6.45) is 3.81. The lowest BCUT2D eigenvalue weighted by Crippen LogP contribution is -2.45. The highest BCUT2D eigenvalue weighted by Gasteiger charge is 2.41. The van der Waals surface area contributed by atoms with Crippen LogP contribution in [-0.2, 0) is 16.0 Å². The summed E-state index contributed by atoms with van der Waals surface area (Å²) in [5, 5.41) is 0.0584. The molecule has 1 aliphatic rings. The predicted octanol–water partition coefficient (Wildman–Crippen LogP) is 4.58. The molecule has 0 atom stereocenters. The SMILES string of the molecule is CCOC1(C(=O)Cc2ccc(F)c(Cl)c2)CCC(C)CC1. The van der Waals surface area contributed by atoms with Gasteiger partial charge in [0.05, 0.1) is 5.02 Å².